The van der Waals surface area contributed by atoms with Crippen LogP contribution in [0.25, 0.3) is 0 Å². The maximum atomic E-state index is 11.9. The van der Waals surface area contributed by atoms with Gasteiger partial charge in [0.15, 0.2) is 0 Å². The Morgan fingerprint density at radius 2 is 1.78 bits per heavy atom. The Kier molecular flexibility index (Phi) is 6.34. The average molecular weight is 332 g/mol. The summed E-state index contributed by atoms with van der Waals surface area (Å²) in [6.45, 7) is 7.57. The first-order valence-corrected chi connectivity index (χ1v) is 7.33. The van der Waals surface area contributed by atoms with Crippen LogP contribution in [0.15, 0.2) is 0 Å². The van der Waals surface area contributed by atoms with Crippen LogP contribution in [0.5, 0.6) is 0 Å². The molecule has 2 rings (SSSR count). The minimum atomic E-state index is -1.82. The summed E-state index contributed by atoms with van der Waals surface area (Å²) in [5.74, 6) is -3.22. The molecular weight excluding hydrogens is 308 g/mol. The SMILES string of the molecule is CC(C)(C)OC(=O)N1C[C@H]2C[C@H](CN)O[C@H]2C1.O=C(O)C(=O)O. The summed E-state index contributed by atoms with van der Waals surface area (Å²) in [7, 11) is 0. The molecule has 0 aliphatic carbocycles. The maximum Gasteiger partial charge on any atom is 0.414 e. The van der Waals surface area contributed by atoms with Crippen LogP contribution < -0.4 is 5.73 Å². The van der Waals surface area contributed by atoms with Crippen LogP contribution in [-0.2, 0) is 19.1 Å². The van der Waals surface area contributed by atoms with E-state index in [9.17, 15) is 4.79 Å². The van der Waals surface area contributed by atoms with Gasteiger partial charge in [0.2, 0.25) is 0 Å². The van der Waals surface area contributed by atoms with Crippen molar-refractivity contribution in [3.63, 3.8) is 0 Å². The number of nitrogens with two attached hydrogens (primary N) is 1. The quantitative estimate of drug-likeness (QED) is 0.575. The molecule has 0 aromatic heterocycles. The van der Waals surface area contributed by atoms with Gasteiger partial charge in [0.25, 0.3) is 0 Å². The highest BCUT2D eigenvalue weighted by Crippen LogP contribution is 2.33. The van der Waals surface area contributed by atoms with Gasteiger partial charge in [-0.25, -0.2) is 14.4 Å². The van der Waals surface area contributed by atoms with Crippen molar-refractivity contribution in [3.05, 3.63) is 0 Å². The van der Waals surface area contributed by atoms with Crippen molar-refractivity contribution in [2.45, 2.75) is 45.0 Å². The monoisotopic (exact) mass is 332 g/mol. The molecule has 4 N–H and O–H groups in total. The third kappa shape index (κ3) is 6.03. The molecule has 23 heavy (non-hydrogen) atoms. The zero-order chi connectivity index (χ0) is 17.8. The number of fused-ring (bicyclic) bond motifs is 1. The zero-order valence-corrected chi connectivity index (χ0v) is 13.5. The van der Waals surface area contributed by atoms with E-state index in [-0.39, 0.29) is 18.3 Å². The number of ether oxygens (including phenoxy) is 2. The number of rotatable bonds is 1. The Hall–Kier alpha value is -1.87. The number of hydrogen-bond donors (Lipinski definition) is 3. The number of carboxylic acids is 2. The molecule has 0 unspecified atom stereocenters. The second-order valence-corrected chi connectivity index (χ2v) is 6.52. The van der Waals surface area contributed by atoms with E-state index in [4.69, 9.17) is 35.0 Å². The van der Waals surface area contributed by atoms with Gasteiger partial charge in [-0.15, -0.1) is 0 Å². The van der Waals surface area contributed by atoms with Gasteiger partial charge in [0.1, 0.15) is 5.60 Å². The van der Waals surface area contributed by atoms with Gasteiger partial charge in [0, 0.05) is 19.0 Å². The van der Waals surface area contributed by atoms with Crippen molar-refractivity contribution in [2.75, 3.05) is 19.6 Å². The highest BCUT2D eigenvalue weighted by atomic mass is 16.6. The topological polar surface area (TPSA) is 139 Å². The number of carbonyl (C=O) groups is 3. The van der Waals surface area contributed by atoms with Crippen LogP contribution in [0.4, 0.5) is 4.79 Å². The first-order valence-electron chi connectivity index (χ1n) is 7.33. The number of carboxylic acid groups (broad SMARTS) is 2. The highest BCUT2D eigenvalue weighted by molar-refractivity contribution is 6.27. The zero-order valence-electron chi connectivity index (χ0n) is 13.5. The molecule has 2 heterocycles. The van der Waals surface area contributed by atoms with E-state index < -0.39 is 17.5 Å². The largest absolute Gasteiger partial charge is 0.473 e. The van der Waals surface area contributed by atoms with E-state index in [0.29, 0.717) is 19.0 Å². The molecule has 9 nitrogen and oxygen atoms in total. The minimum Gasteiger partial charge on any atom is -0.473 e. The van der Waals surface area contributed by atoms with Crippen LogP contribution in [-0.4, -0.2) is 70.6 Å². The van der Waals surface area contributed by atoms with Crippen molar-refractivity contribution in [1.29, 1.82) is 0 Å². The number of likely N-dealkylation sites (tertiary alicyclic amines) is 1. The maximum absolute atomic E-state index is 11.9. The fourth-order valence-electron chi connectivity index (χ4n) is 2.49. The Balaban J connectivity index is 0.000000379. The number of aliphatic carboxylic acids is 2. The first-order chi connectivity index (χ1) is 10.5. The summed E-state index contributed by atoms with van der Waals surface area (Å²) in [6, 6.07) is 0. The second kappa shape index (κ2) is 7.60. The lowest BCUT2D eigenvalue weighted by Crippen LogP contribution is -2.37. The Bertz CT molecular complexity index is 435. The molecule has 132 valence electrons. The van der Waals surface area contributed by atoms with E-state index in [2.05, 4.69) is 0 Å². The average Bonchev–Trinajstić information content (AvgIpc) is 2.94. The van der Waals surface area contributed by atoms with E-state index in [1.807, 2.05) is 20.8 Å². The predicted molar refractivity (Wildman–Crippen MR) is 78.9 cm³/mol. The van der Waals surface area contributed by atoms with E-state index >= 15 is 0 Å². The molecule has 0 aromatic carbocycles. The van der Waals surface area contributed by atoms with Gasteiger partial charge in [-0.05, 0) is 27.2 Å². The third-order valence-corrected chi connectivity index (χ3v) is 3.41. The molecule has 2 fully saturated rings. The van der Waals surface area contributed by atoms with Crippen molar-refractivity contribution in [3.8, 4) is 0 Å². The summed E-state index contributed by atoms with van der Waals surface area (Å²) in [6.07, 6.45) is 1.04. The summed E-state index contributed by atoms with van der Waals surface area (Å²) in [5, 5.41) is 14.8. The molecule has 1 amide bonds. The normalized spacial score (nSPS) is 26.1. The summed E-state index contributed by atoms with van der Waals surface area (Å²) >= 11 is 0. The van der Waals surface area contributed by atoms with E-state index in [1.54, 1.807) is 4.90 Å². The van der Waals surface area contributed by atoms with Crippen molar-refractivity contribution < 1.29 is 34.1 Å². The van der Waals surface area contributed by atoms with E-state index in [1.165, 1.54) is 0 Å². The molecule has 2 saturated heterocycles. The number of hydrogen-bond acceptors (Lipinski definition) is 6. The lowest BCUT2D eigenvalue weighted by molar-refractivity contribution is -0.159. The molecule has 0 spiro atoms. The molecule has 2 aliphatic heterocycles. The standard InChI is InChI=1S/C12H22N2O3.C2H2O4/c1-12(2,3)17-11(15)14-6-8-4-9(5-13)16-10(8)7-14;3-1(4)2(5)6/h8-10H,4-7,13H2,1-3H3;(H,3,4)(H,5,6)/t8-,9-,10+;/m1./s1. The van der Waals surface area contributed by atoms with Gasteiger partial charge in [0.05, 0.1) is 18.8 Å². The van der Waals surface area contributed by atoms with Crippen LogP contribution in [0.3, 0.4) is 0 Å². The molecular formula is C14H24N2O7. The lowest BCUT2D eigenvalue weighted by atomic mass is 10.0. The predicted octanol–water partition coefficient (Wildman–Crippen LogP) is 0.125. The molecule has 3 atom stereocenters. The Morgan fingerprint density at radius 3 is 2.17 bits per heavy atom. The van der Waals surface area contributed by atoms with Gasteiger partial charge in [-0.3, -0.25) is 0 Å². The van der Waals surface area contributed by atoms with Gasteiger partial charge >= 0.3 is 18.0 Å². The number of carbonyl (C=O) groups excluding carboxylic acids is 1. The van der Waals surface area contributed by atoms with Gasteiger partial charge < -0.3 is 30.3 Å². The van der Waals surface area contributed by atoms with Crippen LogP contribution in [0.2, 0.25) is 0 Å². The Morgan fingerprint density at radius 1 is 1.22 bits per heavy atom. The van der Waals surface area contributed by atoms with Crippen LogP contribution >= 0.6 is 0 Å². The summed E-state index contributed by atoms with van der Waals surface area (Å²) in [4.78, 5) is 31.8. The fraction of sp³-hybridized carbons (Fsp3) is 0.786. The highest BCUT2D eigenvalue weighted by Gasteiger charge is 2.43. The molecule has 9 heteroatoms. The summed E-state index contributed by atoms with van der Waals surface area (Å²) < 4.78 is 11.1. The third-order valence-electron chi connectivity index (χ3n) is 3.41. The first kappa shape index (κ1) is 19.2. The lowest BCUT2D eigenvalue weighted by Gasteiger charge is -2.25. The van der Waals surface area contributed by atoms with Crippen molar-refractivity contribution in [2.24, 2.45) is 11.7 Å². The molecule has 0 radical (unpaired) electrons. The molecule has 0 aromatic rings. The molecule has 0 bridgehead atoms. The van der Waals surface area contributed by atoms with Crippen molar-refractivity contribution in [1.82, 2.24) is 4.90 Å². The molecule has 2 aliphatic rings. The van der Waals surface area contributed by atoms with Gasteiger partial charge in [-0.1, -0.05) is 0 Å². The number of nitrogens with zero attached hydrogens (tertiary/aromatic N) is 1. The van der Waals surface area contributed by atoms with Crippen LogP contribution in [0.1, 0.15) is 27.2 Å². The second-order valence-electron chi connectivity index (χ2n) is 6.52. The van der Waals surface area contributed by atoms with Crippen molar-refractivity contribution >= 4 is 18.0 Å². The smallest absolute Gasteiger partial charge is 0.414 e. The Labute approximate surface area is 134 Å². The van der Waals surface area contributed by atoms with Crippen LogP contribution in [0, 0.1) is 5.92 Å². The minimum absolute atomic E-state index is 0.149. The molecule has 0 saturated carbocycles. The fourth-order valence-corrected chi connectivity index (χ4v) is 2.49. The van der Waals surface area contributed by atoms with E-state index in [0.717, 1.165) is 13.0 Å². The van der Waals surface area contributed by atoms with Gasteiger partial charge in [-0.2, -0.15) is 0 Å². The number of amides is 1. The summed E-state index contributed by atoms with van der Waals surface area (Å²) in [5.41, 5.74) is 5.15.